The molecule has 0 spiro atoms. The number of alkyl halides is 1. The van der Waals surface area contributed by atoms with E-state index in [1.54, 1.807) is 19.2 Å². The molecule has 2 aromatic rings. The highest BCUT2D eigenvalue weighted by Gasteiger charge is 2.28. The molecule has 0 aliphatic heterocycles. The van der Waals surface area contributed by atoms with Crippen LogP contribution in [0.1, 0.15) is 51.2 Å². The van der Waals surface area contributed by atoms with E-state index in [1.165, 1.54) is 17.2 Å². The molecule has 2 rings (SSSR count). The molecule has 2 aromatic carbocycles. The van der Waals surface area contributed by atoms with Gasteiger partial charge in [0.2, 0.25) is 0 Å². The summed E-state index contributed by atoms with van der Waals surface area (Å²) in [6.07, 6.45) is 1.06. The van der Waals surface area contributed by atoms with Crippen molar-refractivity contribution in [3.63, 3.8) is 0 Å². The molecule has 0 aliphatic rings. The van der Waals surface area contributed by atoms with Crippen LogP contribution in [0.2, 0.25) is 0 Å². The van der Waals surface area contributed by atoms with Gasteiger partial charge in [-0.15, -0.1) is 0 Å². The van der Waals surface area contributed by atoms with Gasteiger partial charge in [-0.2, -0.15) is 0 Å². The number of benzene rings is 2. The van der Waals surface area contributed by atoms with Gasteiger partial charge in [0, 0.05) is 10.9 Å². The fraction of sp³-hybridized carbons (Fsp3) is 0.429. The normalized spacial score (nSPS) is 13.0. The average molecular weight is 393 g/mol. The van der Waals surface area contributed by atoms with Crippen LogP contribution in [0.25, 0.3) is 11.1 Å². The monoisotopic (exact) mass is 392 g/mol. The van der Waals surface area contributed by atoms with Crippen LogP contribution in [0, 0.1) is 11.2 Å². The molecule has 1 nitrogen and oxygen atoms in total. The molecule has 24 heavy (non-hydrogen) atoms. The van der Waals surface area contributed by atoms with Crippen molar-refractivity contribution in [1.29, 1.82) is 0 Å². The van der Waals surface area contributed by atoms with Crippen molar-refractivity contribution in [2.24, 2.45) is 5.41 Å². The third kappa shape index (κ3) is 3.83. The molecule has 0 heterocycles. The molecule has 0 radical (unpaired) electrons. The maximum absolute atomic E-state index is 14.5. The van der Waals surface area contributed by atoms with Crippen LogP contribution in [0.5, 0.6) is 5.75 Å². The smallest absolute Gasteiger partial charge is 0.131 e. The van der Waals surface area contributed by atoms with Crippen molar-refractivity contribution >= 4 is 15.9 Å². The third-order valence-corrected chi connectivity index (χ3v) is 5.93. The second-order valence-electron chi connectivity index (χ2n) is 6.96. The van der Waals surface area contributed by atoms with Gasteiger partial charge in [-0.05, 0) is 46.2 Å². The number of hydrogen-bond donors (Lipinski definition) is 0. The van der Waals surface area contributed by atoms with E-state index in [4.69, 9.17) is 4.74 Å². The van der Waals surface area contributed by atoms with Crippen LogP contribution >= 0.6 is 15.9 Å². The number of methoxy groups -OCH3 is 1. The van der Waals surface area contributed by atoms with E-state index < -0.39 is 0 Å². The van der Waals surface area contributed by atoms with E-state index in [9.17, 15) is 4.39 Å². The van der Waals surface area contributed by atoms with E-state index in [-0.39, 0.29) is 11.2 Å². The fourth-order valence-corrected chi connectivity index (χ4v) is 3.21. The van der Waals surface area contributed by atoms with Gasteiger partial charge >= 0.3 is 0 Å². The molecule has 0 unspecified atom stereocenters. The quantitative estimate of drug-likeness (QED) is 0.483. The molecule has 0 saturated heterocycles. The Morgan fingerprint density at radius 2 is 1.83 bits per heavy atom. The Kier molecular flexibility index (Phi) is 6.08. The van der Waals surface area contributed by atoms with E-state index in [2.05, 4.69) is 55.8 Å². The molecule has 0 aliphatic carbocycles. The summed E-state index contributed by atoms with van der Waals surface area (Å²) >= 11 is 3.53. The van der Waals surface area contributed by atoms with Gasteiger partial charge in [0.25, 0.3) is 0 Å². The van der Waals surface area contributed by atoms with Crippen molar-refractivity contribution < 1.29 is 9.13 Å². The molecule has 0 saturated carbocycles. The first-order valence-electron chi connectivity index (χ1n) is 8.36. The van der Waals surface area contributed by atoms with Gasteiger partial charge in [-0.25, -0.2) is 4.39 Å². The molecule has 0 amide bonds. The van der Waals surface area contributed by atoms with E-state index >= 15 is 0 Å². The maximum Gasteiger partial charge on any atom is 0.131 e. The lowest BCUT2D eigenvalue weighted by molar-refractivity contribution is 0.289. The van der Waals surface area contributed by atoms with Gasteiger partial charge in [0.15, 0.2) is 0 Å². The molecule has 0 fully saturated rings. The minimum atomic E-state index is -0.217. The number of halogens is 2. The second-order valence-corrected chi connectivity index (χ2v) is 7.53. The Morgan fingerprint density at radius 1 is 1.12 bits per heavy atom. The summed E-state index contributed by atoms with van der Waals surface area (Å²) in [7, 11) is 1.61. The predicted molar refractivity (Wildman–Crippen MR) is 104 cm³/mol. The summed E-state index contributed by atoms with van der Waals surface area (Å²) in [5.74, 6) is 0.761. The second kappa shape index (κ2) is 7.69. The lowest BCUT2D eigenvalue weighted by atomic mass is 9.72. The Morgan fingerprint density at radius 3 is 2.42 bits per heavy atom. The topological polar surface area (TPSA) is 9.23 Å². The van der Waals surface area contributed by atoms with Crippen LogP contribution < -0.4 is 4.74 Å². The van der Waals surface area contributed by atoms with Crippen LogP contribution in [0.3, 0.4) is 0 Å². The summed E-state index contributed by atoms with van der Waals surface area (Å²) in [6.45, 7) is 8.98. The van der Waals surface area contributed by atoms with Crippen LogP contribution in [-0.4, -0.2) is 7.11 Å². The van der Waals surface area contributed by atoms with Crippen molar-refractivity contribution in [3.05, 3.63) is 53.3 Å². The zero-order valence-corrected chi connectivity index (χ0v) is 16.7. The van der Waals surface area contributed by atoms with Gasteiger partial charge in [-0.3, -0.25) is 0 Å². The zero-order valence-electron chi connectivity index (χ0n) is 15.1. The van der Waals surface area contributed by atoms with Gasteiger partial charge in [0.05, 0.1) is 7.11 Å². The summed E-state index contributed by atoms with van der Waals surface area (Å²) in [4.78, 5) is 0. The number of hydrogen-bond acceptors (Lipinski definition) is 1. The standard InChI is InChI=1S/C21H26BrFO/c1-6-21(3,4)14(2)18-11-15(13-22)7-9-17(18)19-12-16(24-5)8-10-20(19)23/h7-12,14H,6,13H2,1-5H3/t14-/m0/s1. The minimum Gasteiger partial charge on any atom is -0.497 e. The Balaban J connectivity index is 2.66. The first-order chi connectivity index (χ1) is 11.3. The van der Waals surface area contributed by atoms with Crippen LogP contribution in [0.15, 0.2) is 36.4 Å². The number of rotatable bonds is 6. The van der Waals surface area contributed by atoms with E-state index in [0.29, 0.717) is 17.2 Å². The summed E-state index contributed by atoms with van der Waals surface area (Å²) in [6, 6.07) is 11.2. The summed E-state index contributed by atoms with van der Waals surface area (Å²) < 4.78 is 19.8. The highest BCUT2D eigenvalue weighted by Crippen LogP contribution is 2.43. The average Bonchev–Trinajstić information content (AvgIpc) is 2.61. The molecule has 3 heteroatoms. The van der Waals surface area contributed by atoms with E-state index in [1.807, 2.05) is 6.07 Å². The predicted octanol–water partition coefficient (Wildman–Crippen LogP) is 6.94. The Bertz CT molecular complexity index is 709. The fourth-order valence-electron chi connectivity index (χ4n) is 2.86. The summed E-state index contributed by atoms with van der Waals surface area (Å²) in [5.41, 5.74) is 4.07. The largest absolute Gasteiger partial charge is 0.497 e. The third-order valence-electron chi connectivity index (χ3n) is 5.28. The molecular weight excluding hydrogens is 367 g/mol. The molecule has 0 bridgehead atoms. The van der Waals surface area contributed by atoms with Crippen molar-refractivity contribution in [2.75, 3.05) is 7.11 Å². The molecule has 1 atom stereocenters. The Labute approximate surface area is 153 Å². The molecular formula is C21H26BrFO. The lowest BCUT2D eigenvalue weighted by Crippen LogP contribution is -2.19. The number of ether oxygens (including phenoxy) is 1. The van der Waals surface area contributed by atoms with Crippen LogP contribution in [-0.2, 0) is 5.33 Å². The van der Waals surface area contributed by atoms with Gasteiger partial charge in [0.1, 0.15) is 11.6 Å². The lowest BCUT2D eigenvalue weighted by Gasteiger charge is -2.33. The van der Waals surface area contributed by atoms with Crippen LogP contribution in [0.4, 0.5) is 4.39 Å². The van der Waals surface area contributed by atoms with Crippen molar-refractivity contribution in [3.8, 4) is 16.9 Å². The first kappa shape index (κ1) is 19.0. The Hall–Kier alpha value is -1.35. The highest BCUT2D eigenvalue weighted by molar-refractivity contribution is 9.08. The van der Waals surface area contributed by atoms with Crippen molar-refractivity contribution in [1.82, 2.24) is 0 Å². The molecule has 0 N–H and O–H groups in total. The highest BCUT2D eigenvalue weighted by atomic mass is 79.9. The molecule has 0 aromatic heterocycles. The molecule has 130 valence electrons. The first-order valence-corrected chi connectivity index (χ1v) is 9.49. The SMILES string of the molecule is CCC(C)(C)[C@@H](C)c1cc(CBr)ccc1-c1cc(OC)ccc1F. The zero-order chi connectivity index (χ0) is 17.9. The van der Waals surface area contributed by atoms with E-state index in [0.717, 1.165) is 17.3 Å². The van der Waals surface area contributed by atoms with Crippen molar-refractivity contribution in [2.45, 2.75) is 45.4 Å². The van der Waals surface area contributed by atoms with Gasteiger partial charge < -0.3 is 4.74 Å². The van der Waals surface area contributed by atoms with Gasteiger partial charge in [-0.1, -0.05) is 68.2 Å². The maximum atomic E-state index is 14.5. The minimum absolute atomic E-state index is 0.134. The summed E-state index contributed by atoms with van der Waals surface area (Å²) in [5, 5.41) is 0.792.